The Kier molecular flexibility index (Phi) is 38.7. The van der Waals surface area contributed by atoms with E-state index in [1.54, 1.807) is 18.2 Å². The van der Waals surface area contributed by atoms with E-state index >= 15 is 0 Å². The molecule has 99 heavy (non-hydrogen) atoms. The maximum absolute atomic E-state index is 14.4. The average molecular weight is 1650 g/mol. The van der Waals surface area contributed by atoms with E-state index in [4.69, 9.17) is 34.5 Å². The summed E-state index contributed by atoms with van der Waals surface area (Å²) in [6.07, 6.45) is 6.60. The zero-order valence-electron chi connectivity index (χ0n) is 65.7. The van der Waals surface area contributed by atoms with E-state index in [-0.39, 0.29) is 100 Å². The van der Waals surface area contributed by atoms with Crippen LogP contribution in [0.1, 0.15) is 167 Å². The van der Waals surface area contributed by atoms with Crippen LogP contribution in [0.5, 0.6) is 0 Å². The zero-order chi connectivity index (χ0) is 74.0. The molecule has 0 saturated carbocycles. The molecule has 2 fully saturated rings. The van der Waals surface area contributed by atoms with Gasteiger partial charge in [-0.1, -0.05) is 50.3 Å². The van der Waals surface area contributed by atoms with Crippen molar-refractivity contribution < 1.29 is 73.6 Å². The molecule has 9 atom stereocenters. The van der Waals surface area contributed by atoms with Gasteiger partial charge in [-0.3, -0.25) is 0 Å². The summed E-state index contributed by atoms with van der Waals surface area (Å²) in [4.78, 5) is 40.0. The molecule has 2 heterocycles. The predicted octanol–water partition coefficient (Wildman–Crippen LogP) is 16.3. The number of thiol groups is 1. The second-order valence-electron chi connectivity index (χ2n) is 30.1. The zero-order valence-corrected chi connectivity index (χ0v) is 72.2. The molecular formula is C81H119FILiO10SSe2Si2. The molecule has 0 amide bonds. The van der Waals surface area contributed by atoms with Gasteiger partial charge in [0.25, 0.3) is 0 Å². The molecule has 0 N–H and O–H groups in total. The number of allylic oxidation sites excluding steroid dienone is 2. The molecule has 2 aliphatic rings. The summed E-state index contributed by atoms with van der Waals surface area (Å²) in [5.41, 5.74) is 8.39. The third kappa shape index (κ3) is 31.6. The second-order valence-corrected chi connectivity index (χ2v) is 47.3. The molecule has 2 aliphatic heterocycles. The minimum absolute atomic E-state index is 0. The van der Waals surface area contributed by atoms with Crippen LogP contribution in [0.15, 0.2) is 139 Å². The Labute approximate surface area is 645 Å². The third-order valence-corrected chi connectivity index (χ3v) is 26.4. The van der Waals surface area contributed by atoms with Gasteiger partial charge in [0.1, 0.15) is 5.83 Å². The maximum atomic E-state index is 14.4. The van der Waals surface area contributed by atoms with Crippen LogP contribution < -0.4 is 27.8 Å². The van der Waals surface area contributed by atoms with Crippen molar-refractivity contribution in [2.45, 2.75) is 227 Å². The second kappa shape index (κ2) is 43.4. The van der Waals surface area contributed by atoms with Gasteiger partial charge in [0.15, 0.2) is 5.79 Å². The van der Waals surface area contributed by atoms with E-state index in [1.165, 1.54) is 14.5 Å². The number of ether oxygens (including phenoxy) is 7. The third-order valence-electron chi connectivity index (χ3n) is 17.3. The van der Waals surface area contributed by atoms with E-state index < -0.39 is 45.9 Å². The largest absolute Gasteiger partial charge is 1.00 e. The van der Waals surface area contributed by atoms with Crippen molar-refractivity contribution in [3.05, 3.63) is 189 Å². The number of carbonyl (C=O) groups is 3. The average Bonchev–Trinajstić information content (AvgIpc) is 1.59. The molecule has 10 nitrogen and oxygen atoms in total. The fraction of sp³-hybridized carbons (Fsp3) is 0.543. The number of rotatable bonds is 29. The fourth-order valence-corrected chi connectivity index (χ4v) is 17.7. The Morgan fingerprint density at radius 3 is 1.62 bits per heavy atom. The first-order valence-electron chi connectivity index (χ1n) is 35.5. The van der Waals surface area contributed by atoms with Crippen LogP contribution >= 0.6 is 35.2 Å². The van der Waals surface area contributed by atoms with Crippen molar-refractivity contribution in [2.75, 3.05) is 23.9 Å². The quantitative estimate of drug-likeness (QED) is 0.00944. The number of carbonyl (C=O) groups excluding carboxylic acids is 3. The van der Waals surface area contributed by atoms with E-state index in [1.807, 2.05) is 84.9 Å². The summed E-state index contributed by atoms with van der Waals surface area (Å²) in [6.45, 7) is 45.3. The smallest absolute Gasteiger partial charge is 1.00 e. The van der Waals surface area contributed by atoms with Gasteiger partial charge in [0, 0.05) is 11.7 Å². The van der Waals surface area contributed by atoms with Crippen LogP contribution in [0.2, 0.25) is 51.4 Å². The number of hydrogen-bond donors (Lipinski definition) is 1. The van der Waals surface area contributed by atoms with Crippen molar-refractivity contribution >= 4 is 108 Å². The van der Waals surface area contributed by atoms with Gasteiger partial charge in [-0.2, -0.15) is 12.6 Å². The van der Waals surface area contributed by atoms with Crippen LogP contribution in [0.25, 0.3) is 0 Å². The summed E-state index contributed by atoms with van der Waals surface area (Å²) in [5.74, 6) is -1.23. The number of hydrogen-bond acceptors (Lipinski definition) is 11. The SMILES string of the molecule is CC(C)[C@H](C)/C=C(/F)C(C)[C@H]1OC(C)(C)O[C@H]1CCI.Cc1cc(C)c(C(=O)OCC[Si](C)(C)C)c(C(CC[C@@H]2OC(C)(C)O[C@@H]2C(/C=C\[C@H](C)C(C)C)OC(=O)c2ccccc2)[Se]c2ccccc2)c1.Cc1cc(C)c(C(=O)OCC[Si](C)(C)C)c(C[Se]c2ccccc2)c1.[2H]CS.[H-].[Li+]. The van der Waals surface area contributed by atoms with Gasteiger partial charge >= 0.3 is 493 Å². The van der Waals surface area contributed by atoms with Gasteiger partial charge in [-0.15, -0.1) is 0 Å². The molecule has 5 aromatic carbocycles. The summed E-state index contributed by atoms with van der Waals surface area (Å²) in [6, 6.07) is 40.5. The summed E-state index contributed by atoms with van der Waals surface area (Å²) in [5, 5.41) is 0.915. The molecular weight excluding hydrogens is 1530 g/mol. The summed E-state index contributed by atoms with van der Waals surface area (Å²) < 4.78 is 66.9. The Hall–Kier alpha value is -3.09. The summed E-state index contributed by atoms with van der Waals surface area (Å²) >= 11 is 6.10. The minimum atomic E-state index is -1.37. The Balaban J connectivity index is 0.000000574. The van der Waals surface area contributed by atoms with Crippen LogP contribution in [0, 0.1) is 57.3 Å². The first-order valence-corrected chi connectivity index (χ1v) is 48.3. The van der Waals surface area contributed by atoms with Crippen LogP contribution in [0.4, 0.5) is 4.39 Å². The molecule has 2 saturated heterocycles. The normalized spacial score (nSPS) is 19.0. The van der Waals surface area contributed by atoms with Gasteiger partial charge in [0.05, 0.1) is 12.2 Å². The molecule has 7 rings (SSSR count). The van der Waals surface area contributed by atoms with E-state index in [2.05, 4.69) is 209 Å². The number of aryl methyl sites for hydroxylation is 4. The molecule has 544 valence electrons. The molecule has 0 aromatic heterocycles. The number of esters is 3. The minimum Gasteiger partial charge on any atom is -1.00 e. The van der Waals surface area contributed by atoms with E-state index in [0.29, 0.717) is 57.6 Å². The van der Waals surface area contributed by atoms with Crippen molar-refractivity contribution in [3.8, 4) is 0 Å². The first-order chi connectivity index (χ1) is 46.4. The van der Waals surface area contributed by atoms with Crippen LogP contribution in [-0.2, 0) is 38.5 Å². The summed E-state index contributed by atoms with van der Waals surface area (Å²) in [7, 11) is -2.57. The van der Waals surface area contributed by atoms with Crippen molar-refractivity contribution in [2.24, 2.45) is 29.6 Å². The molecule has 0 aliphatic carbocycles. The number of alkyl halides is 1. The standard InChI is InChI=1S/C43H58O6SeSi.C21H28O2SeSi.C16H28FIO2.CH4S.Li.H/c1-29(2)31(4)21-22-36(47-41(44)33-17-13-11-14-18-33)40-37(48-43(6,7)49-40)23-24-38(50-34-19-15-12-16-20-34)35-28-30(3)27-32(5)39(35)42(45)46-25-26-51(8,9)10;1-16-13-17(2)20(21(22)23-11-12-25(3,4)5)18(14-16)15-24-19-9-7-6-8-10-19;1-10(2)11(3)9-13(17)12(4)15-14(7-8-18)19-16(5,6)20-15;1-2;;/h11-22,27-29,31,36-38,40H,23-26H2,1-10H3;6-10,13-14H,11-12,15H2,1-5H3;9-12,14-15H,7-8H2,1-6H3;2H,1H3;;/q;;;;+1;-1/b22-21-;;13-9+;;;/t31-,36?,37-,38?,40+;;11-,12?,14+,15-;;;/m0.1.../s1/i;;;1D;;. The van der Waals surface area contributed by atoms with Crippen molar-refractivity contribution in [3.63, 3.8) is 0 Å². The van der Waals surface area contributed by atoms with Gasteiger partial charge < -0.3 is 10.9 Å². The molecule has 0 spiro atoms. The van der Waals surface area contributed by atoms with Gasteiger partial charge in [-0.05, 0) is 44.4 Å². The molecule has 0 bridgehead atoms. The molecule has 18 heteroatoms. The topological polar surface area (TPSA) is 116 Å². The van der Waals surface area contributed by atoms with Gasteiger partial charge in [0.2, 0.25) is 0 Å². The van der Waals surface area contributed by atoms with Crippen molar-refractivity contribution in [1.29, 1.82) is 0 Å². The molecule has 3 unspecified atom stereocenters. The van der Waals surface area contributed by atoms with Gasteiger partial charge in [-0.25, -0.2) is 4.39 Å². The predicted molar refractivity (Wildman–Crippen MR) is 426 cm³/mol. The number of benzene rings is 5. The Morgan fingerprint density at radius 2 is 1.11 bits per heavy atom. The maximum Gasteiger partial charge on any atom is 1.00 e. The molecule has 5 aromatic rings. The van der Waals surface area contributed by atoms with E-state index in [9.17, 15) is 18.8 Å². The number of halogens is 2. The van der Waals surface area contributed by atoms with E-state index in [0.717, 1.165) is 68.1 Å². The Morgan fingerprint density at radius 1 is 0.646 bits per heavy atom. The van der Waals surface area contributed by atoms with Crippen molar-refractivity contribution in [1.82, 2.24) is 0 Å². The Bertz CT molecular complexity index is 3340. The molecule has 0 radical (unpaired) electrons. The van der Waals surface area contributed by atoms with Crippen LogP contribution in [-0.4, -0.2) is 130 Å². The monoisotopic (exact) mass is 1650 g/mol. The first kappa shape index (κ1) is 88.3. The van der Waals surface area contributed by atoms with Crippen LogP contribution in [0.3, 0.4) is 0 Å². The fourth-order valence-electron chi connectivity index (χ4n) is 11.2.